The lowest BCUT2D eigenvalue weighted by molar-refractivity contribution is -0.146. The second-order valence-corrected chi connectivity index (χ2v) is 8.61. The first-order valence-corrected chi connectivity index (χ1v) is 11.3. The molecule has 2 aliphatic rings. The quantitative estimate of drug-likeness (QED) is 0.638. The van der Waals surface area contributed by atoms with Crippen LogP contribution in [-0.4, -0.2) is 60.1 Å². The fourth-order valence-corrected chi connectivity index (χ4v) is 4.78. The number of alkyl halides is 2. The Morgan fingerprint density at radius 2 is 1.68 bits per heavy atom. The summed E-state index contributed by atoms with van der Waals surface area (Å²) in [5.41, 5.74) is 4.11. The number of nitrogens with one attached hydrogen (secondary N) is 1. The van der Waals surface area contributed by atoms with Crippen molar-refractivity contribution >= 4 is 18.0 Å². The average molecular weight is 472 g/mol. The van der Waals surface area contributed by atoms with E-state index in [4.69, 9.17) is 4.74 Å². The van der Waals surface area contributed by atoms with Gasteiger partial charge in [0.2, 0.25) is 12.3 Å². The lowest BCUT2D eigenvalue weighted by atomic mass is 9.97. The summed E-state index contributed by atoms with van der Waals surface area (Å²) in [4.78, 5) is 37.9. The molecule has 1 aliphatic carbocycles. The first-order chi connectivity index (χ1) is 16.3. The van der Waals surface area contributed by atoms with Crippen LogP contribution < -0.4 is 5.32 Å². The molecule has 0 aromatic heterocycles. The Morgan fingerprint density at radius 3 is 2.26 bits per heavy atom. The van der Waals surface area contributed by atoms with E-state index in [1.54, 1.807) is 0 Å². The highest BCUT2D eigenvalue weighted by Gasteiger charge is 2.35. The number of aliphatic carboxylic acids is 1. The molecule has 0 spiro atoms. The van der Waals surface area contributed by atoms with Gasteiger partial charge in [0.1, 0.15) is 12.6 Å². The van der Waals surface area contributed by atoms with Crippen molar-refractivity contribution in [2.24, 2.45) is 5.92 Å². The highest BCUT2D eigenvalue weighted by molar-refractivity contribution is 5.86. The van der Waals surface area contributed by atoms with E-state index >= 15 is 0 Å². The molecule has 180 valence electrons. The highest BCUT2D eigenvalue weighted by Crippen LogP contribution is 2.44. The summed E-state index contributed by atoms with van der Waals surface area (Å²) >= 11 is 0. The number of halogens is 2. The van der Waals surface area contributed by atoms with Crippen molar-refractivity contribution in [3.63, 3.8) is 0 Å². The van der Waals surface area contributed by atoms with Crippen molar-refractivity contribution < 1.29 is 33.0 Å². The summed E-state index contributed by atoms with van der Waals surface area (Å²) in [5, 5.41) is 11.5. The van der Waals surface area contributed by atoms with Gasteiger partial charge in [-0.1, -0.05) is 48.5 Å². The molecule has 34 heavy (non-hydrogen) atoms. The van der Waals surface area contributed by atoms with Gasteiger partial charge in [-0.05, 0) is 35.1 Å². The van der Waals surface area contributed by atoms with Gasteiger partial charge in [-0.2, -0.15) is 0 Å². The average Bonchev–Trinajstić information content (AvgIpc) is 3.15. The van der Waals surface area contributed by atoms with Crippen LogP contribution in [0.25, 0.3) is 11.1 Å². The Kier molecular flexibility index (Phi) is 7.09. The molecule has 2 amide bonds. The van der Waals surface area contributed by atoms with E-state index in [2.05, 4.69) is 5.32 Å². The van der Waals surface area contributed by atoms with Crippen LogP contribution in [0.2, 0.25) is 0 Å². The summed E-state index contributed by atoms with van der Waals surface area (Å²) in [6.45, 7) is 0.176. The lowest BCUT2D eigenvalue weighted by Crippen LogP contribution is -2.52. The van der Waals surface area contributed by atoms with Gasteiger partial charge >= 0.3 is 12.1 Å². The van der Waals surface area contributed by atoms with Crippen LogP contribution in [0.3, 0.4) is 0 Å². The molecule has 2 aromatic rings. The fraction of sp³-hybridized carbons (Fsp3) is 0.400. The number of hydrogen-bond acceptors (Lipinski definition) is 4. The highest BCUT2D eigenvalue weighted by atomic mass is 19.3. The molecule has 0 bridgehead atoms. The Labute approximate surface area is 195 Å². The number of hydrogen-bond donors (Lipinski definition) is 2. The minimum Gasteiger partial charge on any atom is -0.481 e. The van der Waals surface area contributed by atoms with Crippen molar-refractivity contribution in [1.29, 1.82) is 0 Å². The normalized spacial score (nSPS) is 18.2. The zero-order valence-electron chi connectivity index (χ0n) is 18.5. The summed E-state index contributed by atoms with van der Waals surface area (Å²) in [7, 11) is 0. The zero-order chi connectivity index (χ0) is 24.2. The number of carbonyl (C=O) groups is 3. The Bertz CT molecular complexity index is 1030. The molecule has 7 nitrogen and oxygen atoms in total. The van der Waals surface area contributed by atoms with E-state index in [1.807, 2.05) is 48.5 Å². The van der Waals surface area contributed by atoms with Gasteiger partial charge in [0.05, 0.1) is 5.92 Å². The summed E-state index contributed by atoms with van der Waals surface area (Å²) < 4.78 is 31.7. The molecular formula is C25H26F2N2O5. The molecular weight excluding hydrogens is 446 g/mol. The molecule has 1 fully saturated rings. The molecule has 9 heteroatoms. The smallest absolute Gasteiger partial charge is 0.407 e. The number of piperidine rings is 1. The summed E-state index contributed by atoms with van der Waals surface area (Å²) in [5.74, 6) is -2.72. The van der Waals surface area contributed by atoms with Gasteiger partial charge < -0.3 is 20.1 Å². The molecule has 0 radical (unpaired) electrons. The molecule has 4 rings (SSSR count). The van der Waals surface area contributed by atoms with E-state index in [1.165, 1.54) is 4.90 Å². The second kappa shape index (κ2) is 10.2. The lowest BCUT2D eigenvalue weighted by Gasteiger charge is -2.33. The van der Waals surface area contributed by atoms with Crippen molar-refractivity contribution in [3.05, 3.63) is 59.7 Å². The third-order valence-electron chi connectivity index (χ3n) is 6.43. The first kappa shape index (κ1) is 23.7. The molecule has 1 aliphatic heterocycles. The van der Waals surface area contributed by atoms with Gasteiger partial charge in [-0.3, -0.25) is 9.59 Å². The fourth-order valence-electron chi connectivity index (χ4n) is 4.78. The van der Waals surface area contributed by atoms with Crippen LogP contribution in [0, 0.1) is 5.92 Å². The van der Waals surface area contributed by atoms with E-state index in [0.717, 1.165) is 22.3 Å². The summed E-state index contributed by atoms with van der Waals surface area (Å²) in [6, 6.07) is 14.1. The predicted octanol–water partition coefficient (Wildman–Crippen LogP) is 3.87. The molecule has 1 saturated heterocycles. The standard InChI is InChI=1S/C25H26F2N2O5/c26-22(27)12-21(23(30)29-11-5-6-15(13-29)24(31)32)28-25(33)34-14-20-18-9-3-1-7-16(18)17-8-2-4-10-19(17)20/h1-4,7-10,15,20-22H,5-6,11-14H2,(H,28,33)(H,31,32)/t15-,21?/m0/s1. The number of amides is 2. The molecule has 1 heterocycles. The summed E-state index contributed by atoms with van der Waals surface area (Å²) in [6.07, 6.45) is -3.80. The van der Waals surface area contributed by atoms with Gasteiger partial charge in [0.15, 0.2) is 0 Å². The molecule has 1 unspecified atom stereocenters. The number of ether oxygens (including phenoxy) is 1. The number of likely N-dealkylation sites (tertiary alicyclic amines) is 1. The van der Waals surface area contributed by atoms with E-state index in [9.17, 15) is 28.3 Å². The van der Waals surface area contributed by atoms with Crippen molar-refractivity contribution in [3.8, 4) is 11.1 Å². The van der Waals surface area contributed by atoms with E-state index < -0.39 is 42.8 Å². The number of carbonyl (C=O) groups excluding carboxylic acids is 2. The largest absolute Gasteiger partial charge is 0.481 e. The van der Waals surface area contributed by atoms with Gasteiger partial charge in [0, 0.05) is 25.4 Å². The van der Waals surface area contributed by atoms with E-state index in [0.29, 0.717) is 12.8 Å². The monoisotopic (exact) mass is 472 g/mol. The number of alkyl carbamates (subject to hydrolysis) is 1. The van der Waals surface area contributed by atoms with Crippen LogP contribution in [0.4, 0.5) is 13.6 Å². The Balaban J connectivity index is 1.42. The van der Waals surface area contributed by atoms with Gasteiger partial charge in [0.25, 0.3) is 0 Å². The number of carboxylic acids is 1. The Hall–Kier alpha value is -3.49. The van der Waals surface area contributed by atoms with Crippen molar-refractivity contribution in [2.75, 3.05) is 19.7 Å². The topological polar surface area (TPSA) is 95.9 Å². The minimum absolute atomic E-state index is 0.0136. The van der Waals surface area contributed by atoms with Gasteiger partial charge in [-0.15, -0.1) is 0 Å². The molecule has 2 atom stereocenters. The zero-order valence-corrected chi connectivity index (χ0v) is 18.5. The molecule has 2 aromatic carbocycles. The number of nitrogens with zero attached hydrogens (tertiary/aromatic N) is 1. The number of fused-ring (bicyclic) bond motifs is 3. The number of benzene rings is 2. The third kappa shape index (κ3) is 5.03. The maximum Gasteiger partial charge on any atom is 0.407 e. The number of rotatable bonds is 7. The van der Waals surface area contributed by atoms with Crippen LogP contribution in [0.1, 0.15) is 36.3 Å². The van der Waals surface area contributed by atoms with Crippen LogP contribution in [0.5, 0.6) is 0 Å². The van der Waals surface area contributed by atoms with Crippen molar-refractivity contribution in [2.45, 2.75) is 37.6 Å². The molecule has 0 saturated carbocycles. The second-order valence-electron chi connectivity index (χ2n) is 8.61. The van der Waals surface area contributed by atoms with Crippen LogP contribution >= 0.6 is 0 Å². The first-order valence-electron chi connectivity index (χ1n) is 11.3. The van der Waals surface area contributed by atoms with Gasteiger partial charge in [-0.25, -0.2) is 13.6 Å². The third-order valence-corrected chi connectivity index (χ3v) is 6.43. The molecule has 2 N–H and O–H groups in total. The Morgan fingerprint density at radius 1 is 1.06 bits per heavy atom. The van der Waals surface area contributed by atoms with Crippen LogP contribution in [-0.2, 0) is 14.3 Å². The minimum atomic E-state index is -2.83. The van der Waals surface area contributed by atoms with Crippen LogP contribution in [0.15, 0.2) is 48.5 Å². The maximum atomic E-state index is 13.2. The van der Waals surface area contributed by atoms with E-state index in [-0.39, 0.29) is 25.6 Å². The van der Waals surface area contributed by atoms with Crippen molar-refractivity contribution in [1.82, 2.24) is 10.2 Å². The SMILES string of the molecule is O=C(NC(CC(F)F)C(=O)N1CCC[C@H](C(=O)O)C1)OCC1c2ccccc2-c2ccccc21. The predicted molar refractivity (Wildman–Crippen MR) is 120 cm³/mol. The number of carboxylic acid groups (broad SMARTS) is 1. The maximum absolute atomic E-state index is 13.2.